The van der Waals surface area contributed by atoms with Crippen molar-refractivity contribution < 1.29 is 9.52 Å². The Morgan fingerprint density at radius 3 is 2.70 bits per heavy atom. The number of benzene rings is 1. The summed E-state index contributed by atoms with van der Waals surface area (Å²) in [4.78, 5) is 2.06. The van der Waals surface area contributed by atoms with Gasteiger partial charge in [-0.3, -0.25) is 0 Å². The predicted octanol–water partition coefficient (Wildman–Crippen LogP) is 3.35. The third-order valence-electron chi connectivity index (χ3n) is 2.72. The summed E-state index contributed by atoms with van der Waals surface area (Å²) in [6.45, 7) is 4.69. The van der Waals surface area contributed by atoms with Crippen LogP contribution in [0.2, 0.25) is 0 Å². The van der Waals surface area contributed by atoms with Gasteiger partial charge in [0.05, 0.1) is 0 Å². The Morgan fingerprint density at radius 1 is 1.30 bits per heavy atom. The summed E-state index contributed by atoms with van der Waals surface area (Å²) in [6.07, 6.45) is 1.04. The molecule has 0 aliphatic carbocycles. The van der Waals surface area contributed by atoms with E-state index in [-0.39, 0.29) is 11.8 Å². The summed E-state index contributed by atoms with van der Waals surface area (Å²) in [5.41, 5.74) is 1.28. The van der Waals surface area contributed by atoms with Crippen molar-refractivity contribution in [1.29, 1.82) is 0 Å². The van der Waals surface area contributed by atoms with Crippen molar-refractivity contribution in [2.24, 2.45) is 10.2 Å². The van der Waals surface area contributed by atoms with E-state index in [4.69, 9.17) is 4.42 Å². The van der Waals surface area contributed by atoms with Gasteiger partial charge in [-0.25, -0.2) is 0 Å². The fourth-order valence-corrected chi connectivity index (χ4v) is 1.72. The number of azo groups is 1. The summed E-state index contributed by atoms with van der Waals surface area (Å²) >= 11 is 0. The monoisotopic (exact) mass is 275 g/mol. The first-order valence-corrected chi connectivity index (χ1v) is 6.36. The number of aryl methyl sites for hydroxylation is 1. The maximum atomic E-state index is 9.94. The number of nitrogens with zero attached hydrogens (tertiary/aromatic N) is 5. The molecular formula is C13H17N5O2. The first-order chi connectivity index (χ1) is 9.60. The van der Waals surface area contributed by atoms with E-state index in [1.165, 1.54) is 0 Å². The number of phenols is 1. The van der Waals surface area contributed by atoms with Gasteiger partial charge in [-0.1, -0.05) is 17.1 Å². The molecule has 0 saturated carbocycles. The molecule has 1 aromatic carbocycles. The summed E-state index contributed by atoms with van der Waals surface area (Å²) in [5, 5.41) is 25.0. The van der Waals surface area contributed by atoms with Crippen LogP contribution in [0.1, 0.15) is 19.2 Å². The number of rotatable bonds is 5. The highest BCUT2D eigenvalue weighted by molar-refractivity contribution is 5.60. The van der Waals surface area contributed by atoms with Crippen molar-refractivity contribution in [3.05, 3.63) is 24.1 Å². The van der Waals surface area contributed by atoms with Gasteiger partial charge < -0.3 is 14.4 Å². The van der Waals surface area contributed by atoms with Gasteiger partial charge >= 0.3 is 6.01 Å². The lowest BCUT2D eigenvalue weighted by molar-refractivity contribution is 0.476. The van der Waals surface area contributed by atoms with Crippen LogP contribution in [0.3, 0.4) is 0 Å². The lowest BCUT2D eigenvalue weighted by atomic mass is 10.2. The van der Waals surface area contributed by atoms with E-state index in [9.17, 15) is 5.11 Å². The van der Waals surface area contributed by atoms with E-state index >= 15 is 0 Å². The molecule has 1 aromatic heterocycles. The Balaban J connectivity index is 2.15. The second kappa shape index (κ2) is 6.14. The van der Waals surface area contributed by atoms with Crippen molar-refractivity contribution in [1.82, 2.24) is 10.2 Å². The molecule has 7 nitrogen and oxygen atoms in total. The average Bonchev–Trinajstić information content (AvgIpc) is 2.83. The van der Waals surface area contributed by atoms with Crippen LogP contribution >= 0.6 is 0 Å². The van der Waals surface area contributed by atoms with Crippen LogP contribution in [-0.2, 0) is 0 Å². The van der Waals surface area contributed by atoms with Crippen molar-refractivity contribution in [2.75, 3.05) is 18.5 Å². The summed E-state index contributed by atoms with van der Waals surface area (Å²) < 4.78 is 5.07. The molecule has 0 aliphatic rings. The van der Waals surface area contributed by atoms with E-state index in [0.29, 0.717) is 11.6 Å². The Hall–Kier alpha value is -2.44. The van der Waals surface area contributed by atoms with Gasteiger partial charge in [-0.15, -0.1) is 10.2 Å². The molecule has 0 fully saturated rings. The zero-order valence-corrected chi connectivity index (χ0v) is 11.7. The van der Waals surface area contributed by atoms with Gasteiger partial charge in [-0.05, 0) is 18.6 Å². The Kier molecular flexibility index (Phi) is 4.29. The minimum absolute atomic E-state index is 0.0606. The molecule has 0 amide bonds. The second-order valence-electron chi connectivity index (χ2n) is 4.40. The first-order valence-electron chi connectivity index (χ1n) is 6.36. The number of phenolic OH excluding ortho intramolecular Hbond substituents is 1. The van der Waals surface area contributed by atoms with Crippen molar-refractivity contribution in [3.8, 4) is 5.75 Å². The number of hydrogen-bond donors (Lipinski definition) is 1. The lowest BCUT2D eigenvalue weighted by Crippen LogP contribution is -2.17. The molecule has 0 radical (unpaired) electrons. The predicted molar refractivity (Wildman–Crippen MR) is 74.9 cm³/mol. The summed E-state index contributed by atoms with van der Waals surface area (Å²) in [5.74, 6) is 0.477. The minimum atomic E-state index is 0.0606. The number of aromatic hydroxyl groups is 1. The SMILES string of the molecule is CCCN(C)c1ccc(N=Nc2nnc(C)o2)c(O)c1. The highest BCUT2D eigenvalue weighted by atomic mass is 16.4. The number of hydrogen-bond acceptors (Lipinski definition) is 7. The average molecular weight is 275 g/mol. The Labute approximate surface area is 117 Å². The van der Waals surface area contributed by atoms with Crippen molar-refractivity contribution in [2.45, 2.75) is 20.3 Å². The largest absolute Gasteiger partial charge is 0.506 e. The summed E-state index contributed by atoms with van der Waals surface area (Å²) in [6, 6.07) is 5.30. The minimum Gasteiger partial charge on any atom is -0.506 e. The molecule has 0 unspecified atom stereocenters. The summed E-state index contributed by atoms with van der Waals surface area (Å²) in [7, 11) is 1.97. The quantitative estimate of drug-likeness (QED) is 0.845. The van der Waals surface area contributed by atoms with Crippen LogP contribution in [0.25, 0.3) is 0 Å². The van der Waals surface area contributed by atoms with Crippen molar-refractivity contribution >= 4 is 17.4 Å². The van der Waals surface area contributed by atoms with Gasteiger partial charge in [-0.2, -0.15) is 0 Å². The molecule has 2 rings (SSSR count). The molecule has 0 saturated heterocycles. The fourth-order valence-electron chi connectivity index (χ4n) is 1.72. The lowest BCUT2D eigenvalue weighted by Gasteiger charge is -2.18. The number of aromatic nitrogens is 2. The van der Waals surface area contributed by atoms with E-state index < -0.39 is 0 Å². The maximum Gasteiger partial charge on any atom is 0.361 e. The highest BCUT2D eigenvalue weighted by Gasteiger charge is 2.06. The van der Waals surface area contributed by atoms with Crippen LogP contribution in [-0.4, -0.2) is 28.9 Å². The molecule has 2 aromatic rings. The van der Waals surface area contributed by atoms with E-state index in [1.54, 1.807) is 19.1 Å². The van der Waals surface area contributed by atoms with Gasteiger partial charge in [0, 0.05) is 32.3 Å². The Bertz CT molecular complexity index is 609. The smallest absolute Gasteiger partial charge is 0.361 e. The molecule has 0 aliphatic heterocycles. The van der Waals surface area contributed by atoms with Crippen LogP contribution in [0.5, 0.6) is 5.75 Å². The number of anilines is 1. The standard InChI is InChI=1S/C13H17N5O2/c1-4-7-18(3)10-5-6-11(12(19)8-10)15-17-13-16-14-9(2)20-13/h5-6,8,19H,4,7H2,1-3H3. The third kappa shape index (κ3) is 3.31. The molecule has 1 heterocycles. The molecule has 106 valence electrons. The topological polar surface area (TPSA) is 87.1 Å². The molecule has 20 heavy (non-hydrogen) atoms. The van der Waals surface area contributed by atoms with E-state index in [2.05, 4.69) is 32.2 Å². The van der Waals surface area contributed by atoms with Gasteiger partial charge in [0.25, 0.3) is 0 Å². The Morgan fingerprint density at radius 2 is 2.10 bits per heavy atom. The molecular weight excluding hydrogens is 258 g/mol. The van der Waals surface area contributed by atoms with Crippen LogP contribution < -0.4 is 4.90 Å². The van der Waals surface area contributed by atoms with Crippen LogP contribution in [0.15, 0.2) is 32.8 Å². The zero-order chi connectivity index (χ0) is 14.5. The van der Waals surface area contributed by atoms with Gasteiger partial charge in [0.15, 0.2) is 0 Å². The van der Waals surface area contributed by atoms with Gasteiger partial charge in [0.1, 0.15) is 11.4 Å². The highest BCUT2D eigenvalue weighted by Crippen LogP contribution is 2.31. The molecule has 7 heteroatoms. The molecule has 1 N–H and O–H groups in total. The normalized spacial score (nSPS) is 11.2. The van der Waals surface area contributed by atoms with E-state index in [0.717, 1.165) is 18.7 Å². The van der Waals surface area contributed by atoms with Gasteiger partial charge in [0.2, 0.25) is 5.89 Å². The molecule has 0 atom stereocenters. The van der Waals surface area contributed by atoms with Crippen molar-refractivity contribution in [3.63, 3.8) is 0 Å². The zero-order valence-electron chi connectivity index (χ0n) is 11.7. The van der Waals surface area contributed by atoms with E-state index in [1.807, 2.05) is 13.1 Å². The molecule has 0 bridgehead atoms. The van der Waals surface area contributed by atoms with Crippen LogP contribution in [0, 0.1) is 6.92 Å². The van der Waals surface area contributed by atoms with Crippen LogP contribution in [0.4, 0.5) is 17.4 Å². The maximum absolute atomic E-state index is 9.94. The third-order valence-corrected chi connectivity index (χ3v) is 2.72. The fraction of sp³-hybridized carbons (Fsp3) is 0.385. The first kappa shape index (κ1) is 14.0. The molecule has 0 spiro atoms. The second-order valence-corrected chi connectivity index (χ2v) is 4.40.